The van der Waals surface area contributed by atoms with Gasteiger partial charge in [0.1, 0.15) is 0 Å². The summed E-state index contributed by atoms with van der Waals surface area (Å²) in [6.45, 7) is 2.72. The van der Waals surface area contributed by atoms with Gasteiger partial charge in [-0.2, -0.15) is 0 Å². The summed E-state index contributed by atoms with van der Waals surface area (Å²) in [5.74, 6) is -1.58. The molecule has 1 saturated carbocycles. The van der Waals surface area contributed by atoms with Crippen molar-refractivity contribution in [1.29, 1.82) is 0 Å². The Morgan fingerprint density at radius 2 is 2.05 bits per heavy atom. The van der Waals surface area contributed by atoms with Crippen molar-refractivity contribution in [3.63, 3.8) is 0 Å². The van der Waals surface area contributed by atoms with E-state index in [1.165, 1.54) is 31.4 Å². The molecule has 0 spiro atoms. The third kappa shape index (κ3) is 3.31. The topological polar surface area (TPSA) is 29.1 Å². The minimum atomic E-state index is -1.07. The minimum absolute atomic E-state index is 0.219. The van der Waals surface area contributed by atoms with E-state index in [1.54, 1.807) is 0 Å². The molecule has 0 aliphatic heterocycles. The molecule has 104 valence electrons. The fourth-order valence-corrected chi connectivity index (χ4v) is 2.69. The van der Waals surface area contributed by atoms with Crippen molar-refractivity contribution >= 4 is 5.91 Å². The van der Waals surface area contributed by atoms with E-state index < -0.39 is 17.5 Å². The van der Waals surface area contributed by atoms with E-state index in [1.807, 2.05) is 0 Å². The fourth-order valence-electron chi connectivity index (χ4n) is 2.69. The van der Waals surface area contributed by atoms with Crippen LogP contribution in [0.5, 0.6) is 0 Å². The number of halogens is 2. The first-order valence-electron chi connectivity index (χ1n) is 6.82. The molecule has 1 aromatic carbocycles. The zero-order valence-corrected chi connectivity index (χ0v) is 11.1. The highest BCUT2D eigenvalue weighted by Gasteiger charge is 2.22. The minimum Gasteiger partial charge on any atom is -0.352 e. The average Bonchev–Trinajstić information content (AvgIpc) is 2.40. The Kier molecular flexibility index (Phi) is 4.51. The summed E-state index contributed by atoms with van der Waals surface area (Å²) in [4.78, 5) is 11.8. The first-order chi connectivity index (χ1) is 9.09. The Hall–Kier alpha value is -1.45. The monoisotopic (exact) mass is 267 g/mol. The summed E-state index contributed by atoms with van der Waals surface area (Å²) in [5.41, 5.74) is -0.219. The molecule has 2 unspecified atom stereocenters. The predicted octanol–water partition coefficient (Wildman–Crippen LogP) is 3.52. The third-order valence-corrected chi connectivity index (χ3v) is 4.01. The summed E-state index contributed by atoms with van der Waals surface area (Å²) in [6, 6.07) is 3.66. The third-order valence-electron chi connectivity index (χ3n) is 4.01. The second-order valence-electron chi connectivity index (χ2n) is 5.33. The van der Waals surface area contributed by atoms with Crippen LogP contribution in [0.2, 0.25) is 0 Å². The van der Waals surface area contributed by atoms with Crippen LogP contribution >= 0.6 is 0 Å². The molecular formula is C15H19F2NO. The lowest BCUT2D eigenvalue weighted by atomic mass is 9.80. The van der Waals surface area contributed by atoms with Crippen molar-refractivity contribution in [1.82, 2.24) is 5.32 Å². The van der Waals surface area contributed by atoms with Crippen molar-refractivity contribution in [3.05, 3.63) is 35.4 Å². The molecule has 19 heavy (non-hydrogen) atoms. The van der Waals surface area contributed by atoms with Gasteiger partial charge < -0.3 is 5.32 Å². The van der Waals surface area contributed by atoms with Gasteiger partial charge in [0, 0.05) is 6.54 Å². The summed E-state index contributed by atoms with van der Waals surface area (Å²) in [6.07, 6.45) is 4.69. The summed E-state index contributed by atoms with van der Waals surface area (Å²) < 4.78 is 26.5. The lowest BCUT2D eigenvalue weighted by Crippen LogP contribution is -2.33. The van der Waals surface area contributed by atoms with Gasteiger partial charge in [-0.1, -0.05) is 32.3 Å². The molecule has 1 fully saturated rings. The van der Waals surface area contributed by atoms with Crippen LogP contribution in [0.3, 0.4) is 0 Å². The molecule has 0 saturated heterocycles. The quantitative estimate of drug-likeness (QED) is 0.892. The maximum atomic E-state index is 13.5. The smallest absolute Gasteiger partial charge is 0.254 e. The van der Waals surface area contributed by atoms with Crippen LogP contribution < -0.4 is 5.32 Å². The highest BCUT2D eigenvalue weighted by molar-refractivity contribution is 5.94. The molecule has 1 N–H and O–H groups in total. The lowest BCUT2D eigenvalue weighted by molar-refractivity contribution is 0.0931. The van der Waals surface area contributed by atoms with E-state index in [2.05, 4.69) is 12.2 Å². The van der Waals surface area contributed by atoms with Crippen LogP contribution in [0.25, 0.3) is 0 Å². The molecule has 0 radical (unpaired) electrons. The van der Waals surface area contributed by atoms with Crippen molar-refractivity contribution in [2.24, 2.45) is 11.8 Å². The van der Waals surface area contributed by atoms with Crippen LogP contribution in [-0.2, 0) is 0 Å². The predicted molar refractivity (Wildman–Crippen MR) is 69.8 cm³/mol. The van der Waals surface area contributed by atoms with Gasteiger partial charge in [0.05, 0.1) is 5.56 Å². The SMILES string of the molecule is CC1CCCCC1CNC(=O)c1cccc(F)c1F. The van der Waals surface area contributed by atoms with Crippen LogP contribution in [-0.4, -0.2) is 12.5 Å². The molecule has 4 heteroatoms. The summed E-state index contributed by atoms with van der Waals surface area (Å²) >= 11 is 0. The molecule has 1 aliphatic carbocycles. The standard InChI is InChI=1S/C15H19F2NO/c1-10-5-2-3-6-11(10)9-18-15(19)12-7-4-8-13(16)14(12)17/h4,7-8,10-11H,2-3,5-6,9H2,1H3,(H,18,19). The van der Waals surface area contributed by atoms with Crippen molar-refractivity contribution in [2.45, 2.75) is 32.6 Å². The number of benzene rings is 1. The Morgan fingerprint density at radius 1 is 1.32 bits per heavy atom. The molecule has 2 atom stereocenters. The van der Waals surface area contributed by atoms with Crippen molar-refractivity contribution in [2.75, 3.05) is 6.54 Å². The van der Waals surface area contributed by atoms with E-state index in [9.17, 15) is 13.6 Å². The Morgan fingerprint density at radius 3 is 2.79 bits per heavy atom. The summed E-state index contributed by atoms with van der Waals surface area (Å²) in [5, 5.41) is 2.72. The number of carbonyl (C=O) groups excluding carboxylic acids is 1. The Balaban J connectivity index is 1.95. The normalized spacial score (nSPS) is 23.1. The van der Waals surface area contributed by atoms with Gasteiger partial charge in [-0.05, 0) is 30.4 Å². The van der Waals surface area contributed by atoms with Gasteiger partial charge in [-0.25, -0.2) is 8.78 Å². The number of hydrogen-bond donors (Lipinski definition) is 1. The van der Waals surface area contributed by atoms with Crippen LogP contribution in [0.4, 0.5) is 8.78 Å². The van der Waals surface area contributed by atoms with Gasteiger partial charge in [0.15, 0.2) is 11.6 Å². The van der Waals surface area contributed by atoms with Crippen LogP contribution in [0.1, 0.15) is 43.0 Å². The average molecular weight is 267 g/mol. The highest BCUT2D eigenvalue weighted by Crippen LogP contribution is 2.28. The van der Waals surface area contributed by atoms with E-state index in [0.29, 0.717) is 18.4 Å². The van der Waals surface area contributed by atoms with E-state index in [0.717, 1.165) is 12.5 Å². The fraction of sp³-hybridized carbons (Fsp3) is 0.533. The number of hydrogen-bond acceptors (Lipinski definition) is 1. The zero-order chi connectivity index (χ0) is 13.8. The second-order valence-corrected chi connectivity index (χ2v) is 5.33. The number of nitrogens with one attached hydrogen (secondary N) is 1. The van der Waals surface area contributed by atoms with Gasteiger partial charge in [-0.3, -0.25) is 4.79 Å². The maximum absolute atomic E-state index is 13.5. The zero-order valence-electron chi connectivity index (χ0n) is 11.1. The number of amides is 1. The molecule has 0 aromatic heterocycles. The van der Waals surface area contributed by atoms with E-state index in [-0.39, 0.29) is 5.56 Å². The molecule has 2 rings (SSSR count). The number of rotatable bonds is 3. The molecule has 1 aliphatic rings. The van der Waals surface area contributed by atoms with E-state index >= 15 is 0 Å². The Labute approximate surface area is 112 Å². The van der Waals surface area contributed by atoms with Gasteiger partial charge in [0.25, 0.3) is 5.91 Å². The highest BCUT2D eigenvalue weighted by atomic mass is 19.2. The van der Waals surface area contributed by atoms with Gasteiger partial charge in [0.2, 0.25) is 0 Å². The first kappa shape index (κ1) is 14.0. The van der Waals surface area contributed by atoms with Crippen LogP contribution in [0, 0.1) is 23.5 Å². The van der Waals surface area contributed by atoms with E-state index in [4.69, 9.17) is 0 Å². The molecule has 2 nitrogen and oxygen atoms in total. The first-order valence-corrected chi connectivity index (χ1v) is 6.82. The van der Waals surface area contributed by atoms with Gasteiger partial charge in [-0.15, -0.1) is 0 Å². The molecule has 1 amide bonds. The molecular weight excluding hydrogens is 248 g/mol. The Bertz CT molecular complexity index is 461. The van der Waals surface area contributed by atoms with Crippen molar-refractivity contribution < 1.29 is 13.6 Å². The molecule has 0 bridgehead atoms. The second kappa shape index (κ2) is 6.13. The number of carbonyl (C=O) groups is 1. The van der Waals surface area contributed by atoms with Crippen LogP contribution in [0.15, 0.2) is 18.2 Å². The largest absolute Gasteiger partial charge is 0.352 e. The maximum Gasteiger partial charge on any atom is 0.254 e. The van der Waals surface area contributed by atoms with Crippen molar-refractivity contribution in [3.8, 4) is 0 Å². The summed E-state index contributed by atoms with van der Waals surface area (Å²) in [7, 11) is 0. The molecule has 0 heterocycles. The van der Waals surface area contributed by atoms with Gasteiger partial charge >= 0.3 is 0 Å². The lowest BCUT2D eigenvalue weighted by Gasteiger charge is -2.28. The molecule has 1 aromatic rings.